The number of rotatable bonds is 6. The molecule has 1 aliphatic heterocycles. The zero-order valence-electron chi connectivity index (χ0n) is 13.4. The zero-order chi connectivity index (χ0) is 16.7. The topological polar surface area (TPSA) is 91.4 Å². The summed E-state index contributed by atoms with van der Waals surface area (Å²) in [5, 5.41) is 5.51. The van der Waals surface area contributed by atoms with Crippen LogP contribution in [-0.4, -0.2) is 56.6 Å². The number of piperidine rings is 1. The Bertz CT molecular complexity index is 598. The van der Waals surface area contributed by atoms with E-state index in [2.05, 4.69) is 20.5 Å². The first kappa shape index (κ1) is 17.5. The molecule has 1 saturated heterocycles. The number of pyridine rings is 1. The summed E-state index contributed by atoms with van der Waals surface area (Å²) in [6.07, 6.45) is 3.46. The van der Waals surface area contributed by atoms with Gasteiger partial charge in [0.15, 0.2) is 9.84 Å². The van der Waals surface area contributed by atoms with E-state index in [1.54, 1.807) is 13.1 Å². The van der Waals surface area contributed by atoms with E-state index in [1.165, 1.54) is 0 Å². The number of carbonyl (C=O) groups excluding carboxylic acids is 1. The Kier molecular flexibility index (Phi) is 6.20. The van der Waals surface area contributed by atoms with Gasteiger partial charge in [0.1, 0.15) is 5.82 Å². The van der Waals surface area contributed by atoms with E-state index in [0.717, 1.165) is 31.7 Å². The summed E-state index contributed by atoms with van der Waals surface area (Å²) in [7, 11) is -3.04. The van der Waals surface area contributed by atoms with Crippen molar-refractivity contribution in [3.8, 4) is 0 Å². The molecule has 2 rings (SSSR count). The van der Waals surface area contributed by atoms with Crippen LogP contribution in [-0.2, 0) is 9.84 Å². The molecule has 0 bridgehead atoms. The number of sulfone groups is 1. The summed E-state index contributed by atoms with van der Waals surface area (Å²) < 4.78 is 22.7. The summed E-state index contributed by atoms with van der Waals surface area (Å²) in [4.78, 5) is 18.3. The fourth-order valence-electron chi connectivity index (χ4n) is 2.49. The van der Waals surface area contributed by atoms with Crippen molar-refractivity contribution in [1.82, 2.24) is 15.6 Å². The molecule has 1 fully saturated rings. The number of anilines is 1. The van der Waals surface area contributed by atoms with E-state index in [1.807, 2.05) is 18.2 Å². The number of aromatic nitrogens is 1. The maximum atomic E-state index is 11.8. The molecule has 2 N–H and O–H groups in total. The molecule has 0 radical (unpaired) electrons. The normalized spacial score (nSPS) is 16.1. The van der Waals surface area contributed by atoms with Crippen LogP contribution >= 0.6 is 0 Å². The van der Waals surface area contributed by atoms with Gasteiger partial charge in [0.2, 0.25) is 0 Å². The Morgan fingerprint density at radius 3 is 2.70 bits per heavy atom. The van der Waals surface area contributed by atoms with Crippen molar-refractivity contribution in [1.29, 1.82) is 0 Å². The number of nitrogens with zero attached hydrogens (tertiary/aromatic N) is 2. The molecule has 8 heteroatoms. The lowest BCUT2D eigenvalue weighted by Crippen LogP contribution is -2.48. The molecule has 2 heterocycles. The summed E-state index contributed by atoms with van der Waals surface area (Å²) in [6.45, 7) is 3.43. The number of hydrogen-bond acceptors (Lipinski definition) is 5. The molecule has 0 aromatic carbocycles. The van der Waals surface area contributed by atoms with Gasteiger partial charge in [0, 0.05) is 37.6 Å². The van der Waals surface area contributed by atoms with Gasteiger partial charge in [-0.15, -0.1) is 0 Å². The summed E-state index contributed by atoms with van der Waals surface area (Å²) in [6, 6.07) is 5.64. The Morgan fingerprint density at radius 2 is 2.09 bits per heavy atom. The Morgan fingerprint density at radius 1 is 1.35 bits per heavy atom. The van der Waals surface area contributed by atoms with Gasteiger partial charge in [-0.3, -0.25) is 0 Å². The van der Waals surface area contributed by atoms with Crippen LogP contribution in [0.3, 0.4) is 0 Å². The highest BCUT2D eigenvalue weighted by atomic mass is 32.2. The third kappa shape index (κ3) is 5.70. The summed E-state index contributed by atoms with van der Waals surface area (Å²) in [5.41, 5.74) is 0. The quantitative estimate of drug-likeness (QED) is 0.799. The Labute approximate surface area is 137 Å². The van der Waals surface area contributed by atoms with Crippen molar-refractivity contribution < 1.29 is 13.2 Å². The minimum Gasteiger partial charge on any atom is -0.356 e. The van der Waals surface area contributed by atoms with Crippen LogP contribution in [0, 0.1) is 0 Å². The van der Waals surface area contributed by atoms with Gasteiger partial charge in [-0.05, 0) is 25.0 Å². The van der Waals surface area contributed by atoms with Crippen LogP contribution in [0.4, 0.5) is 10.6 Å². The van der Waals surface area contributed by atoms with Gasteiger partial charge in [-0.2, -0.15) is 0 Å². The van der Waals surface area contributed by atoms with Crippen molar-refractivity contribution in [2.75, 3.05) is 36.0 Å². The molecule has 0 atom stereocenters. The number of hydrogen-bond donors (Lipinski definition) is 2. The van der Waals surface area contributed by atoms with Gasteiger partial charge in [-0.25, -0.2) is 18.2 Å². The lowest BCUT2D eigenvalue weighted by Gasteiger charge is -2.33. The second-order valence-corrected chi connectivity index (χ2v) is 8.06. The maximum Gasteiger partial charge on any atom is 0.315 e. The molecule has 0 saturated carbocycles. The predicted octanol–water partition coefficient (Wildman–Crippen LogP) is 0.784. The highest BCUT2D eigenvalue weighted by molar-refractivity contribution is 7.91. The van der Waals surface area contributed by atoms with Crippen molar-refractivity contribution in [3.63, 3.8) is 0 Å². The zero-order valence-corrected chi connectivity index (χ0v) is 14.2. The van der Waals surface area contributed by atoms with E-state index in [-0.39, 0.29) is 30.1 Å². The Balaban J connectivity index is 1.69. The van der Waals surface area contributed by atoms with Crippen molar-refractivity contribution >= 4 is 21.7 Å². The van der Waals surface area contributed by atoms with Crippen LogP contribution in [0.5, 0.6) is 0 Å². The van der Waals surface area contributed by atoms with Gasteiger partial charge < -0.3 is 15.5 Å². The molecule has 128 valence electrons. The van der Waals surface area contributed by atoms with Crippen LogP contribution in [0.25, 0.3) is 0 Å². The molecule has 0 aliphatic carbocycles. The van der Waals surface area contributed by atoms with Crippen LogP contribution in [0.2, 0.25) is 0 Å². The Hall–Kier alpha value is -1.83. The standard InChI is InChI=1S/C15H24N4O3S/c1-2-23(21,22)12-9-17-15(20)18-13-6-10-19(11-7-13)14-5-3-4-8-16-14/h3-5,8,13H,2,6-7,9-12H2,1H3,(H2,17,18,20). The first-order valence-electron chi connectivity index (χ1n) is 7.91. The van der Waals surface area contributed by atoms with E-state index < -0.39 is 9.84 Å². The van der Waals surface area contributed by atoms with E-state index >= 15 is 0 Å². The molecular weight excluding hydrogens is 316 g/mol. The average molecular weight is 340 g/mol. The minimum atomic E-state index is -3.04. The highest BCUT2D eigenvalue weighted by Gasteiger charge is 2.21. The maximum absolute atomic E-state index is 11.8. The largest absolute Gasteiger partial charge is 0.356 e. The molecular formula is C15H24N4O3S. The highest BCUT2D eigenvalue weighted by Crippen LogP contribution is 2.17. The second-order valence-electron chi connectivity index (χ2n) is 5.59. The van der Waals surface area contributed by atoms with Gasteiger partial charge in [0.05, 0.1) is 5.75 Å². The smallest absolute Gasteiger partial charge is 0.315 e. The van der Waals surface area contributed by atoms with Crippen LogP contribution < -0.4 is 15.5 Å². The van der Waals surface area contributed by atoms with Crippen LogP contribution in [0.1, 0.15) is 19.8 Å². The molecule has 2 amide bonds. The van der Waals surface area contributed by atoms with E-state index in [9.17, 15) is 13.2 Å². The van der Waals surface area contributed by atoms with Crippen molar-refractivity contribution in [2.45, 2.75) is 25.8 Å². The monoisotopic (exact) mass is 340 g/mol. The number of urea groups is 1. The first-order valence-corrected chi connectivity index (χ1v) is 9.73. The SMILES string of the molecule is CCS(=O)(=O)CCNC(=O)NC1CCN(c2ccccn2)CC1. The number of amides is 2. The molecule has 7 nitrogen and oxygen atoms in total. The van der Waals surface area contributed by atoms with Gasteiger partial charge in [-0.1, -0.05) is 13.0 Å². The third-order valence-electron chi connectivity index (χ3n) is 3.94. The van der Waals surface area contributed by atoms with E-state index in [0.29, 0.717) is 0 Å². The van der Waals surface area contributed by atoms with Crippen LogP contribution in [0.15, 0.2) is 24.4 Å². The minimum absolute atomic E-state index is 0.0188. The third-order valence-corrected chi connectivity index (χ3v) is 5.65. The van der Waals surface area contributed by atoms with Gasteiger partial charge >= 0.3 is 6.03 Å². The molecule has 0 spiro atoms. The van der Waals surface area contributed by atoms with E-state index in [4.69, 9.17) is 0 Å². The predicted molar refractivity (Wildman–Crippen MR) is 90.3 cm³/mol. The molecule has 1 aromatic rings. The molecule has 1 aliphatic rings. The number of carbonyl (C=O) groups is 1. The fraction of sp³-hybridized carbons (Fsp3) is 0.600. The lowest BCUT2D eigenvalue weighted by molar-refractivity contribution is 0.235. The second kappa shape index (κ2) is 8.14. The molecule has 0 unspecified atom stereocenters. The fourth-order valence-corrected chi connectivity index (χ4v) is 3.20. The molecule has 1 aromatic heterocycles. The van der Waals surface area contributed by atoms with Gasteiger partial charge in [0.25, 0.3) is 0 Å². The lowest BCUT2D eigenvalue weighted by atomic mass is 10.1. The summed E-state index contributed by atoms with van der Waals surface area (Å²) in [5.74, 6) is 1.04. The number of nitrogens with one attached hydrogen (secondary N) is 2. The average Bonchev–Trinajstić information content (AvgIpc) is 2.56. The summed E-state index contributed by atoms with van der Waals surface area (Å²) >= 11 is 0. The first-order chi connectivity index (χ1) is 11.0. The molecule has 23 heavy (non-hydrogen) atoms. The van der Waals surface area contributed by atoms with Crippen molar-refractivity contribution in [2.24, 2.45) is 0 Å². The van der Waals surface area contributed by atoms with Crippen molar-refractivity contribution in [3.05, 3.63) is 24.4 Å².